The Morgan fingerprint density at radius 1 is 1.04 bits per heavy atom. The van der Waals surface area contributed by atoms with Crippen LogP contribution in [-0.2, 0) is 0 Å². The van der Waals surface area contributed by atoms with Gasteiger partial charge in [0.2, 0.25) is 0 Å². The van der Waals surface area contributed by atoms with E-state index in [0.29, 0.717) is 5.56 Å². The maximum absolute atomic E-state index is 11.8. The SMILES string of the molecule is CC.CC.CCCC1=Nc2cc(C(=O)NC)ccc2Sc2ccccc21. The summed E-state index contributed by atoms with van der Waals surface area (Å²) >= 11 is 1.71. The Bertz CT molecular complexity index is 754. The van der Waals surface area contributed by atoms with Crippen molar-refractivity contribution in [3.63, 3.8) is 0 Å². The van der Waals surface area contributed by atoms with E-state index in [1.807, 2.05) is 45.9 Å². The zero-order chi connectivity index (χ0) is 19.5. The molecule has 0 aromatic heterocycles. The Balaban J connectivity index is 0.000000791. The molecule has 0 saturated heterocycles. The molecular weight excluding hydrogens is 340 g/mol. The number of carbonyl (C=O) groups excluding carboxylic acids is 1. The molecule has 0 saturated carbocycles. The first-order valence-electron chi connectivity index (χ1n) is 9.44. The lowest BCUT2D eigenvalue weighted by Crippen LogP contribution is -2.17. The Morgan fingerprint density at radius 2 is 1.73 bits per heavy atom. The van der Waals surface area contributed by atoms with Gasteiger partial charge in [0.1, 0.15) is 0 Å². The summed E-state index contributed by atoms with van der Waals surface area (Å²) in [7, 11) is 1.64. The molecule has 2 aromatic carbocycles. The fourth-order valence-corrected chi connectivity index (χ4v) is 3.55. The lowest BCUT2D eigenvalue weighted by Gasteiger charge is -2.07. The van der Waals surface area contributed by atoms with Crippen LogP contribution in [0.25, 0.3) is 0 Å². The van der Waals surface area contributed by atoms with E-state index in [2.05, 4.69) is 36.5 Å². The molecule has 0 bridgehead atoms. The fraction of sp³-hybridized carbons (Fsp3) is 0.364. The Labute approximate surface area is 162 Å². The van der Waals surface area contributed by atoms with Gasteiger partial charge in [-0.2, -0.15) is 0 Å². The van der Waals surface area contributed by atoms with Gasteiger partial charge in [-0.25, -0.2) is 0 Å². The maximum atomic E-state index is 11.8. The largest absolute Gasteiger partial charge is 0.355 e. The van der Waals surface area contributed by atoms with E-state index in [1.165, 1.54) is 10.5 Å². The molecule has 4 heteroatoms. The summed E-state index contributed by atoms with van der Waals surface area (Å²) in [6, 6.07) is 14.1. The highest BCUT2D eigenvalue weighted by atomic mass is 32.2. The minimum atomic E-state index is -0.0817. The summed E-state index contributed by atoms with van der Waals surface area (Å²) < 4.78 is 0. The van der Waals surface area contributed by atoms with Gasteiger partial charge in [-0.05, 0) is 30.7 Å². The molecule has 140 valence electrons. The lowest BCUT2D eigenvalue weighted by molar-refractivity contribution is 0.0963. The zero-order valence-corrected chi connectivity index (χ0v) is 17.5. The highest BCUT2D eigenvalue weighted by Crippen LogP contribution is 2.41. The first-order valence-corrected chi connectivity index (χ1v) is 10.3. The smallest absolute Gasteiger partial charge is 0.251 e. The quantitative estimate of drug-likeness (QED) is 0.671. The number of carbonyl (C=O) groups is 1. The molecule has 0 spiro atoms. The number of rotatable bonds is 3. The Kier molecular flexibility index (Phi) is 9.74. The number of fused-ring (bicyclic) bond motifs is 2. The molecule has 0 unspecified atom stereocenters. The molecule has 1 amide bonds. The van der Waals surface area contributed by atoms with Crippen LogP contribution in [0.3, 0.4) is 0 Å². The van der Waals surface area contributed by atoms with Gasteiger partial charge in [-0.1, -0.05) is 71.0 Å². The standard InChI is InChI=1S/C18H18N2OS.2C2H6/c1-3-6-14-13-7-4-5-8-16(13)22-17-10-9-12(18(21)19-2)11-15(17)20-14;2*1-2/h4-5,7-11H,3,6H2,1-2H3,(H,19,21);2*1-2H3. The van der Waals surface area contributed by atoms with Gasteiger partial charge < -0.3 is 5.32 Å². The highest BCUT2D eigenvalue weighted by molar-refractivity contribution is 7.99. The third-order valence-electron chi connectivity index (χ3n) is 3.61. The molecule has 3 nitrogen and oxygen atoms in total. The minimum Gasteiger partial charge on any atom is -0.355 e. The first-order chi connectivity index (χ1) is 12.7. The molecule has 0 aliphatic carbocycles. The van der Waals surface area contributed by atoms with Crippen molar-refractivity contribution in [3.05, 3.63) is 53.6 Å². The van der Waals surface area contributed by atoms with E-state index in [4.69, 9.17) is 4.99 Å². The Hall–Kier alpha value is -2.07. The van der Waals surface area contributed by atoms with Crippen LogP contribution in [0.4, 0.5) is 5.69 Å². The first kappa shape index (κ1) is 22.0. The van der Waals surface area contributed by atoms with Crippen LogP contribution in [0.1, 0.15) is 63.4 Å². The van der Waals surface area contributed by atoms with E-state index < -0.39 is 0 Å². The summed E-state index contributed by atoms with van der Waals surface area (Å²) in [4.78, 5) is 19.0. The van der Waals surface area contributed by atoms with Crippen molar-refractivity contribution in [1.29, 1.82) is 0 Å². The Morgan fingerprint density at radius 3 is 2.38 bits per heavy atom. The predicted octanol–water partition coefficient (Wildman–Crippen LogP) is 6.48. The molecule has 0 fully saturated rings. The predicted molar refractivity (Wildman–Crippen MR) is 114 cm³/mol. The molecule has 1 aliphatic heterocycles. The summed E-state index contributed by atoms with van der Waals surface area (Å²) in [5.41, 5.74) is 3.82. The van der Waals surface area contributed by atoms with E-state index >= 15 is 0 Å². The van der Waals surface area contributed by atoms with Crippen LogP contribution in [-0.4, -0.2) is 18.7 Å². The van der Waals surface area contributed by atoms with Crippen LogP contribution in [0.2, 0.25) is 0 Å². The van der Waals surface area contributed by atoms with E-state index in [0.717, 1.165) is 29.1 Å². The van der Waals surface area contributed by atoms with Crippen molar-refractivity contribution in [2.45, 2.75) is 57.3 Å². The van der Waals surface area contributed by atoms with Gasteiger partial charge in [0.15, 0.2) is 0 Å². The second kappa shape index (κ2) is 11.5. The summed E-state index contributed by atoms with van der Waals surface area (Å²) in [6.07, 6.45) is 1.98. The molecule has 1 aliphatic rings. The molecule has 0 atom stereocenters. The van der Waals surface area contributed by atoms with Crippen molar-refractivity contribution >= 4 is 29.1 Å². The van der Waals surface area contributed by atoms with E-state index in [9.17, 15) is 4.79 Å². The zero-order valence-electron chi connectivity index (χ0n) is 16.7. The van der Waals surface area contributed by atoms with Crippen LogP contribution >= 0.6 is 11.8 Å². The number of nitrogens with zero attached hydrogens (tertiary/aromatic N) is 1. The number of amides is 1. The summed E-state index contributed by atoms with van der Waals surface area (Å²) in [5.74, 6) is -0.0817. The van der Waals surface area contributed by atoms with Gasteiger partial charge in [-0.3, -0.25) is 9.79 Å². The molecule has 1 heterocycles. The summed E-state index contributed by atoms with van der Waals surface area (Å²) in [5, 5.41) is 2.66. The molecule has 2 aromatic rings. The number of nitrogens with one attached hydrogen (secondary N) is 1. The monoisotopic (exact) mass is 370 g/mol. The van der Waals surface area contributed by atoms with E-state index in [-0.39, 0.29) is 5.91 Å². The number of aliphatic imine (C=N–C) groups is 1. The average molecular weight is 371 g/mol. The molecular formula is C22H30N2OS. The van der Waals surface area contributed by atoms with Crippen LogP contribution in [0.5, 0.6) is 0 Å². The third kappa shape index (κ3) is 5.21. The fourth-order valence-electron chi connectivity index (χ4n) is 2.52. The van der Waals surface area contributed by atoms with E-state index in [1.54, 1.807) is 18.8 Å². The molecule has 1 N–H and O–H groups in total. The maximum Gasteiger partial charge on any atom is 0.251 e. The van der Waals surface area contributed by atoms with Gasteiger partial charge in [0, 0.05) is 33.7 Å². The number of hydrogen-bond acceptors (Lipinski definition) is 3. The second-order valence-corrected chi connectivity index (χ2v) is 6.25. The average Bonchev–Trinajstić information content (AvgIpc) is 2.86. The van der Waals surface area contributed by atoms with Gasteiger partial charge in [-0.15, -0.1) is 0 Å². The molecule has 26 heavy (non-hydrogen) atoms. The van der Waals surface area contributed by atoms with Gasteiger partial charge >= 0.3 is 0 Å². The van der Waals surface area contributed by atoms with Crippen molar-refractivity contribution in [3.8, 4) is 0 Å². The van der Waals surface area contributed by atoms with Crippen LogP contribution in [0.15, 0.2) is 57.2 Å². The van der Waals surface area contributed by atoms with Crippen molar-refractivity contribution < 1.29 is 4.79 Å². The normalized spacial score (nSPS) is 11.2. The second-order valence-electron chi connectivity index (χ2n) is 5.17. The molecule has 0 radical (unpaired) electrons. The van der Waals surface area contributed by atoms with Crippen molar-refractivity contribution in [1.82, 2.24) is 5.32 Å². The van der Waals surface area contributed by atoms with Crippen molar-refractivity contribution in [2.75, 3.05) is 7.05 Å². The van der Waals surface area contributed by atoms with Gasteiger partial charge in [0.05, 0.1) is 5.69 Å². The number of hydrogen-bond donors (Lipinski definition) is 1. The van der Waals surface area contributed by atoms with Crippen LogP contribution < -0.4 is 5.32 Å². The molecule has 3 rings (SSSR count). The van der Waals surface area contributed by atoms with Gasteiger partial charge in [0.25, 0.3) is 5.91 Å². The topological polar surface area (TPSA) is 41.5 Å². The number of benzene rings is 2. The van der Waals surface area contributed by atoms with Crippen molar-refractivity contribution in [2.24, 2.45) is 4.99 Å². The highest BCUT2D eigenvalue weighted by Gasteiger charge is 2.17. The lowest BCUT2D eigenvalue weighted by atomic mass is 10.1. The third-order valence-corrected chi connectivity index (χ3v) is 4.75. The minimum absolute atomic E-state index is 0.0817. The van der Waals surface area contributed by atoms with Crippen LogP contribution in [0, 0.1) is 0 Å². The summed E-state index contributed by atoms with van der Waals surface area (Å²) in [6.45, 7) is 10.2.